The van der Waals surface area contributed by atoms with Gasteiger partial charge in [-0.3, -0.25) is 9.35 Å². The van der Waals surface area contributed by atoms with Crippen LogP contribution < -0.4 is 0 Å². The number of carbonyl (C=O) groups excluding carboxylic acids is 1. The largest absolute Gasteiger partial charge is 0.287 e. The van der Waals surface area contributed by atoms with E-state index in [0.717, 1.165) is 18.2 Å². The van der Waals surface area contributed by atoms with Gasteiger partial charge in [0.2, 0.25) is 0 Å². The van der Waals surface area contributed by atoms with Crippen LogP contribution in [0, 0.1) is 0 Å². The first-order valence-electron chi connectivity index (χ1n) is 3.56. The van der Waals surface area contributed by atoms with Gasteiger partial charge in [0.15, 0.2) is 5.12 Å². The molecule has 0 aliphatic carbocycles. The van der Waals surface area contributed by atoms with Gasteiger partial charge in [-0.05, 0) is 6.42 Å². The zero-order valence-corrected chi connectivity index (χ0v) is 8.45. The molecule has 72 valence electrons. The van der Waals surface area contributed by atoms with E-state index in [2.05, 4.69) is 0 Å². The predicted molar refractivity (Wildman–Crippen MR) is 48.8 cm³/mol. The fraction of sp³-hybridized carbons (Fsp3) is 0.833. The van der Waals surface area contributed by atoms with Gasteiger partial charge in [0.05, 0.1) is 5.75 Å². The standard InChI is InChI=1S/C6H12O4S2/c1-2-3-6(7)11-4-5-12(8,9)10/h2-5H2,1H3,(H,8,9,10). The van der Waals surface area contributed by atoms with Crippen LogP contribution in [0.3, 0.4) is 0 Å². The Kier molecular flexibility index (Phi) is 5.52. The first-order chi connectivity index (χ1) is 5.45. The van der Waals surface area contributed by atoms with Crippen molar-refractivity contribution in [1.29, 1.82) is 0 Å². The number of hydrogen-bond donors (Lipinski definition) is 1. The van der Waals surface area contributed by atoms with E-state index in [1.807, 2.05) is 6.92 Å². The molecule has 0 aromatic rings. The molecule has 0 saturated heterocycles. The maximum atomic E-state index is 10.8. The van der Waals surface area contributed by atoms with Crippen molar-refractivity contribution in [3.63, 3.8) is 0 Å². The molecule has 0 bridgehead atoms. The molecule has 0 aliphatic rings. The van der Waals surface area contributed by atoms with E-state index in [4.69, 9.17) is 4.55 Å². The van der Waals surface area contributed by atoms with Crippen LogP contribution in [-0.4, -0.2) is 29.6 Å². The summed E-state index contributed by atoms with van der Waals surface area (Å²) in [5, 5.41) is -0.0267. The average molecular weight is 212 g/mol. The fourth-order valence-electron chi connectivity index (χ4n) is 0.537. The Morgan fingerprint density at radius 1 is 1.50 bits per heavy atom. The second kappa shape index (κ2) is 5.55. The lowest BCUT2D eigenvalue weighted by Gasteiger charge is -1.96. The number of thioether (sulfide) groups is 1. The van der Waals surface area contributed by atoms with Gasteiger partial charge in [0, 0.05) is 12.2 Å². The van der Waals surface area contributed by atoms with Gasteiger partial charge < -0.3 is 0 Å². The third-order valence-electron chi connectivity index (χ3n) is 1.06. The maximum Gasteiger partial charge on any atom is 0.265 e. The summed E-state index contributed by atoms with van der Waals surface area (Å²) in [5.74, 6) is -0.217. The summed E-state index contributed by atoms with van der Waals surface area (Å²) in [7, 11) is -3.91. The number of rotatable bonds is 5. The highest BCUT2D eigenvalue weighted by molar-refractivity contribution is 8.14. The molecule has 4 nitrogen and oxygen atoms in total. The lowest BCUT2D eigenvalue weighted by molar-refractivity contribution is -0.111. The molecule has 0 aromatic heterocycles. The van der Waals surface area contributed by atoms with Crippen molar-refractivity contribution >= 4 is 27.0 Å². The highest BCUT2D eigenvalue weighted by Gasteiger charge is 2.06. The molecule has 0 fully saturated rings. The summed E-state index contributed by atoms with van der Waals surface area (Å²) in [4.78, 5) is 10.8. The first-order valence-corrected chi connectivity index (χ1v) is 6.16. The van der Waals surface area contributed by atoms with Crippen LogP contribution in [-0.2, 0) is 14.9 Å². The highest BCUT2D eigenvalue weighted by atomic mass is 32.2. The Balaban J connectivity index is 3.51. The molecule has 0 saturated carbocycles. The second-order valence-electron chi connectivity index (χ2n) is 2.26. The van der Waals surface area contributed by atoms with Gasteiger partial charge in [0.25, 0.3) is 10.1 Å². The average Bonchev–Trinajstić information content (AvgIpc) is 1.84. The second-order valence-corrected chi connectivity index (χ2v) is 4.98. The van der Waals surface area contributed by atoms with Crippen LogP contribution in [0.15, 0.2) is 0 Å². The lowest BCUT2D eigenvalue weighted by Crippen LogP contribution is -2.07. The minimum Gasteiger partial charge on any atom is -0.287 e. The molecule has 0 amide bonds. The Bertz CT molecular complexity index is 232. The van der Waals surface area contributed by atoms with Crippen LogP contribution in [0.1, 0.15) is 19.8 Å². The Morgan fingerprint density at radius 2 is 2.08 bits per heavy atom. The van der Waals surface area contributed by atoms with E-state index >= 15 is 0 Å². The Morgan fingerprint density at radius 3 is 2.50 bits per heavy atom. The summed E-state index contributed by atoms with van der Waals surface area (Å²) in [6, 6.07) is 0. The summed E-state index contributed by atoms with van der Waals surface area (Å²) in [5.41, 5.74) is 0. The van der Waals surface area contributed by atoms with Crippen molar-refractivity contribution in [3.8, 4) is 0 Å². The molecule has 12 heavy (non-hydrogen) atoms. The molecule has 0 aromatic carbocycles. The van der Waals surface area contributed by atoms with Crippen LogP contribution >= 0.6 is 11.8 Å². The van der Waals surface area contributed by atoms with E-state index in [1.165, 1.54) is 0 Å². The normalized spacial score (nSPS) is 11.5. The molecule has 0 unspecified atom stereocenters. The molecular weight excluding hydrogens is 200 g/mol. The molecule has 6 heteroatoms. The molecule has 0 spiro atoms. The quantitative estimate of drug-likeness (QED) is 0.686. The molecular formula is C6H12O4S2. The van der Waals surface area contributed by atoms with Crippen molar-refractivity contribution in [2.45, 2.75) is 19.8 Å². The van der Waals surface area contributed by atoms with Gasteiger partial charge in [-0.15, -0.1) is 0 Å². The Hall–Kier alpha value is -0.0700. The summed E-state index contributed by atoms with van der Waals surface area (Å²) in [6.45, 7) is 1.88. The van der Waals surface area contributed by atoms with Crippen LogP contribution in [0.25, 0.3) is 0 Å². The summed E-state index contributed by atoms with van der Waals surface area (Å²) >= 11 is 0.950. The van der Waals surface area contributed by atoms with Gasteiger partial charge in [0.1, 0.15) is 0 Å². The van der Waals surface area contributed by atoms with E-state index in [1.54, 1.807) is 0 Å². The Labute approximate surface area is 76.5 Å². The van der Waals surface area contributed by atoms with Gasteiger partial charge >= 0.3 is 0 Å². The third-order valence-corrected chi connectivity index (χ3v) is 2.97. The lowest BCUT2D eigenvalue weighted by atomic mass is 10.4. The monoisotopic (exact) mass is 212 g/mol. The third kappa shape index (κ3) is 8.03. The van der Waals surface area contributed by atoms with Crippen molar-refractivity contribution in [2.24, 2.45) is 0 Å². The van der Waals surface area contributed by atoms with Gasteiger partial charge in [-0.25, -0.2) is 0 Å². The van der Waals surface area contributed by atoms with Crippen molar-refractivity contribution in [2.75, 3.05) is 11.5 Å². The SMILES string of the molecule is CCCC(=O)SCCS(=O)(=O)O. The van der Waals surface area contributed by atoms with E-state index < -0.39 is 10.1 Å². The highest BCUT2D eigenvalue weighted by Crippen LogP contribution is 2.07. The topological polar surface area (TPSA) is 71.4 Å². The first kappa shape index (κ1) is 11.9. The zero-order valence-electron chi connectivity index (χ0n) is 6.82. The van der Waals surface area contributed by atoms with E-state index in [0.29, 0.717) is 6.42 Å². The minimum absolute atomic E-state index is 0.0267. The summed E-state index contributed by atoms with van der Waals surface area (Å²) in [6.07, 6.45) is 1.22. The van der Waals surface area contributed by atoms with Crippen LogP contribution in [0.2, 0.25) is 0 Å². The predicted octanol–water partition coefficient (Wildman–Crippen LogP) is 0.934. The smallest absolute Gasteiger partial charge is 0.265 e. The summed E-state index contributed by atoms with van der Waals surface area (Å²) < 4.78 is 28.7. The molecule has 0 aliphatic heterocycles. The van der Waals surface area contributed by atoms with Crippen molar-refractivity contribution in [1.82, 2.24) is 0 Å². The molecule has 0 heterocycles. The molecule has 0 atom stereocenters. The van der Waals surface area contributed by atoms with Crippen molar-refractivity contribution < 1.29 is 17.8 Å². The van der Waals surface area contributed by atoms with Crippen LogP contribution in [0.4, 0.5) is 0 Å². The maximum absolute atomic E-state index is 10.8. The van der Waals surface area contributed by atoms with Gasteiger partial charge in [-0.1, -0.05) is 18.7 Å². The van der Waals surface area contributed by atoms with E-state index in [9.17, 15) is 13.2 Å². The van der Waals surface area contributed by atoms with E-state index in [-0.39, 0.29) is 16.6 Å². The molecule has 1 N–H and O–H groups in total. The molecule has 0 radical (unpaired) electrons. The number of hydrogen-bond acceptors (Lipinski definition) is 4. The van der Waals surface area contributed by atoms with Crippen LogP contribution in [0.5, 0.6) is 0 Å². The zero-order chi connectivity index (χ0) is 9.61. The van der Waals surface area contributed by atoms with Gasteiger partial charge in [-0.2, -0.15) is 8.42 Å². The minimum atomic E-state index is -3.91. The van der Waals surface area contributed by atoms with Crippen molar-refractivity contribution in [3.05, 3.63) is 0 Å². The molecule has 0 rings (SSSR count). The number of carbonyl (C=O) groups is 1. The fourth-order valence-corrected chi connectivity index (χ4v) is 2.29.